The third-order valence-corrected chi connectivity index (χ3v) is 6.17. The fourth-order valence-electron chi connectivity index (χ4n) is 3.38. The molecule has 0 radical (unpaired) electrons. The van der Waals surface area contributed by atoms with Gasteiger partial charge >= 0.3 is 0 Å². The van der Waals surface area contributed by atoms with Crippen LogP contribution < -0.4 is 0 Å². The minimum absolute atomic E-state index is 0.266. The van der Waals surface area contributed by atoms with Crippen LogP contribution in [0.4, 0.5) is 0 Å². The summed E-state index contributed by atoms with van der Waals surface area (Å²) in [5.74, 6) is 7.14. The molecule has 4 heteroatoms. The van der Waals surface area contributed by atoms with Crippen molar-refractivity contribution in [3.63, 3.8) is 0 Å². The monoisotopic (exact) mass is 409 g/mol. The van der Waals surface area contributed by atoms with E-state index in [2.05, 4.69) is 23.8 Å². The summed E-state index contributed by atoms with van der Waals surface area (Å²) < 4.78 is 5.70. The Bertz CT molecular complexity index is 831. The average Bonchev–Trinajstić information content (AvgIpc) is 3.43. The van der Waals surface area contributed by atoms with Crippen LogP contribution in [0.3, 0.4) is 0 Å². The van der Waals surface area contributed by atoms with Gasteiger partial charge in [0.1, 0.15) is 18.8 Å². The summed E-state index contributed by atoms with van der Waals surface area (Å²) in [6, 6.07) is 13.5. The number of aliphatic hydroxyl groups excluding tert-OH is 1. The van der Waals surface area contributed by atoms with Crippen LogP contribution >= 0.6 is 11.3 Å². The molecular weight excluding hydrogens is 378 g/mol. The molecule has 0 saturated heterocycles. The smallest absolute Gasteiger partial charge is 0.216 e. The summed E-state index contributed by atoms with van der Waals surface area (Å²) >= 11 is 1.55. The highest BCUT2D eigenvalue weighted by Crippen LogP contribution is 2.29. The van der Waals surface area contributed by atoms with Crippen molar-refractivity contribution in [3.05, 3.63) is 57.8 Å². The zero-order valence-electron chi connectivity index (χ0n) is 17.3. The van der Waals surface area contributed by atoms with Crippen LogP contribution in [0.15, 0.2) is 47.5 Å². The Balaban J connectivity index is 1.45. The first kappa shape index (κ1) is 21.6. The number of ether oxygens (including phenoxy) is 1. The van der Waals surface area contributed by atoms with Gasteiger partial charge in [-0.05, 0) is 30.7 Å². The maximum Gasteiger partial charge on any atom is 0.216 e. The molecule has 0 amide bonds. The number of nitrogens with zero attached hydrogens (tertiary/aromatic N) is 1. The molecule has 1 N–H and O–H groups in total. The molecule has 2 atom stereocenters. The Labute approximate surface area is 178 Å². The molecule has 1 aliphatic heterocycles. The van der Waals surface area contributed by atoms with E-state index in [1.165, 1.54) is 44.9 Å². The standard InChI is InChI=1S/C25H31NO2S/c1-2-3-4-5-6-7-8-9-13-16-21-17-18-23(29-21)24(27)22-19-28-25(26-22)20-14-11-10-12-15-20/h10-12,14-15,17-18,22,24,27H,2-9,19H2,1H3. The van der Waals surface area contributed by atoms with Crippen molar-refractivity contribution < 1.29 is 9.84 Å². The van der Waals surface area contributed by atoms with Gasteiger partial charge in [-0.3, -0.25) is 0 Å². The maximum absolute atomic E-state index is 10.7. The summed E-state index contributed by atoms with van der Waals surface area (Å²) in [7, 11) is 0. The van der Waals surface area contributed by atoms with Crippen molar-refractivity contribution in [2.75, 3.05) is 6.61 Å². The Kier molecular flexibility index (Phi) is 8.80. The third-order valence-electron chi connectivity index (χ3n) is 5.09. The van der Waals surface area contributed by atoms with Crippen molar-refractivity contribution in [3.8, 4) is 11.8 Å². The van der Waals surface area contributed by atoms with Crippen LogP contribution in [-0.4, -0.2) is 23.7 Å². The van der Waals surface area contributed by atoms with Crippen molar-refractivity contribution in [2.45, 2.75) is 70.4 Å². The molecule has 0 aliphatic carbocycles. The van der Waals surface area contributed by atoms with Gasteiger partial charge in [-0.1, -0.05) is 75.5 Å². The molecule has 2 aromatic rings. The fourth-order valence-corrected chi connectivity index (χ4v) is 4.31. The highest BCUT2D eigenvalue weighted by molar-refractivity contribution is 7.12. The first-order valence-electron chi connectivity index (χ1n) is 10.8. The van der Waals surface area contributed by atoms with Crippen LogP contribution in [0.1, 0.15) is 79.7 Å². The molecule has 29 heavy (non-hydrogen) atoms. The Morgan fingerprint density at radius 1 is 1.07 bits per heavy atom. The Hall–Kier alpha value is -2.09. The molecule has 0 bridgehead atoms. The summed E-state index contributed by atoms with van der Waals surface area (Å²) in [6.45, 7) is 2.66. The van der Waals surface area contributed by atoms with Gasteiger partial charge < -0.3 is 9.84 Å². The fraction of sp³-hybridized carbons (Fsp3) is 0.480. The van der Waals surface area contributed by atoms with E-state index in [1.807, 2.05) is 42.5 Å². The normalized spacial score (nSPS) is 16.6. The molecule has 154 valence electrons. The predicted molar refractivity (Wildman–Crippen MR) is 121 cm³/mol. The lowest BCUT2D eigenvalue weighted by molar-refractivity contribution is 0.133. The van der Waals surface area contributed by atoms with E-state index in [0.717, 1.165) is 21.7 Å². The van der Waals surface area contributed by atoms with Gasteiger partial charge in [0, 0.05) is 16.9 Å². The summed E-state index contributed by atoms with van der Waals surface area (Å²) in [6.07, 6.45) is 9.46. The van der Waals surface area contributed by atoms with E-state index in [9.17, 15) is 5.11 Å². The van der Waals surface area contributed by atoms with Gasteiger partial charge in [0.05, 0.1) is 4.88 Å². The lowest BCUT2D eigenvalue weighted by atomic mass is 10.1. The van der Waals surface area contributed by atoms with E-state index in [0.29, 0.717) is 12.5 Å². The molecule has 0 spiro atoms. The minimum atomic E-state index is -0.653. The molecule has 2 heterocycles. The van der Waals surface area contributed by atoms with E-state index in [4.69, 9.17) is 4.74 Å². The zero-order valence-corrected chi connectivity index (χ0v) is 18.1. The van der Waals surface area contributed by atoms with Crippen molar-refractivity contribution in [2.24, 2.45) is 4.99 Å². The minimum Gasteiger partial charge on any atom is -0.475 e. The van der Waals surface area contributed by atoms with E-state index < -0.39 is 6.10 Å². The number of benzene rings is 1. The first-order chi connectivity index (χ1) is 14.3. The second kappa shape index (κ2) is 11.8. The number of aliphatic hydroxyl groups is 1. The van der Waals surface area contributed by atoms with Crippen LogP contribution in [0, 0.1) is 11.8 Å². The quantitative estimate of drug-likeness (QED) is 0.379. The molecule has 3 rings (SSSR count). The highest BCUT2D eigenvalue weighted by Gasteiger charge is 2.28. The second-order valence-corrected chi connectivity index (χ2v) is 8.61. The Morgan fingerprint density at radius 2 is 1.83 bits per heavy atom. The van der Waals surface area contributed by atoms with E-state index in [1.54, 1.807) is 11.3 Å². The maximum atomic E-state index is 10.7. The molecular formula is C25H31NO2S. The summed E-state index contributed by atoms with van der Waals surface area (Å²) in [5, 5.41) is 10.7. The molecule has 1 aromatic carbocycles. The Morgan fingerprint density at radius 3 is 2.62 bits per heavy atom. The first-order valence-corrected chi connectivity index (χ1v) is 11.6. The van der Waals surface area contributed by atoms with Crippen LogP contribution in [0.5, 0.6) is 0 Å². The van der Waals surface area contributed by atoms with Crippen molar-refractivity contribution in [1.29, 1.82) is 0 Å². The molecule has 0 saturated carbocycles. The number of rotatable bonds is 10. The van der Waals surface area contributed by atoms with Gasteiger partial charge in [0.15, 0.2) is 0 Å². The van der Waals surface area contributed by atoms with Gasteiger partial charge in [0.25, 0.3) is 0 Å². The number of unbranched alkanes of at least 4 members (excludes halogenated alkanes) is 7. The van der Waals surface area contributed by atoms with E-state index >= 15 is 0 Å². The topological polar surface area (TPSA) is 41.8 Å². The molecule has 1 aromatic heterocycles. The van der Waals surface area contributed by atoms with Crippen molar-refractivity contribution >= 4 is 17.2 Å². The predicted octanol–water partition coefficient (Wildman–Crippen LogP) is 6.12. The highest BCUT2D eigenvalue weighted by atomic mass is 32.1. The van der Waals surface area contributed by atoms with Crippen LogP contribution in [0.2, 0.25) is 0 Å². The second-order valence-electron chi connectivity index (χ2n) is 7.50. The third kappa shape index (κ3) is 6.73. The van der Waals surface area contributed by atoms with Gasteiger partial charge in [-0.2, -0.15) is 0 Å². The summed E-state index contributed by atoms with van der Waals surface area (Å²) in [5.41, 5.74) is 0.949. The number of hydrogen-bond acceptors (Lipinski definition) is 4. The largest absolute Gasteiger partial charge is 0.475 e. The SMILES string of the molecule is CCCCCCCCCC#Cc1ccc(C(O)C2COC(c3ccccc3)=N2)s1. The number of aliphatic imine (C=N–C) groups is 1. The lowest BCUT2D eigenvalue weighted by Gasteiger charge is -2.11. The molecule has 3 nitrogen and oxygen atoms in total. The van der Waals surface area contributed by atoms with Gasteiger partial charge in [-0.25, -0.2) is 4.99 Å². The number of hydrogen-bond donors (Lipinski definition) is 1. The zero-order chi connectivity index (χ0) is 20.3. The lowest BCUT2D eigenvalue weighted by Crippen LogP contribution is -2.16. The molecule has 0 fully saturated rings. The molecule has 2 unspecified atom stereocenters. The van der Waals surface area contributed by atoms with Crippen LogP contribution in [0.25, 0.3) is 0 Å². The molecule has 1 aliphatic rings. The van der Waals surface area contributed by atoms with Gasteiger partial charge in [0.2, 0.25) is 5.90 Å². The van der Waals surface area contributed by atoms with Crippen molar-refractivity contribution in [1.82, 2.24) is 0 Å². The summed E-state index contributed by atoms with van der Waals surface area (Å²) in [4.78, 5) is 6.49. The number of thiophene rings is 1. The van der Waals surface area contributed by atoms with E-state index in [-0.39, 0.29) is 6.04 Å². The van der Waals surface area contributed by atoms with Gasteiger partial charge in [-0.15, -0.1) is 11.3 Å². The average molecular weight is 410 g/mol. The van der Waals surface area contributed by atoms with Crippen LogP contribution in [-0.2, 0) is 4.74 Å².